The third-order valence-electron chi connectivity index (χ3n) is 7.14. The van der Waals surface area contributed by atoms with E-state index >= 15 is 0 Å². The van der Waals surface area contributed by atoms with Crippen LogP contribution in [0, 0.1) is 0 Å². The van der Waals surface area contributed by atoms with Crippen LogP contribution in [-0.2, 0) is 9.47 Å². The minimum Gasteiger partial charge on any atom is -0.379 e. The molecule has 9 heteroatoms. The quantitative estimate of drug-likeness (QED) is 0.325. The number of pyridine rings is 2. The third-order valence-corrected chi connectivity index (χ3v) is 7.14. The first-order valence-electron chi connectivity index (χ1n) is 12.9. The highest BCUT2D eigenvalue weighted by Crippen LogP contribution is 2.34. The molecule has 6 aromatic rings. The van der Waals surface area contributed by atoms with Gasteiger partial charge in [-0.05, 0) is 24.4 Å². The minimum atomic E-state index is -0.186. The first-order valence-corrected chi connectivity index (χ1v) is 12.9. The van der Waals surface area contributed by atoms with Crippen LogP contribution in [0.25, 0.3) is 55.5 Å². The molecule has 2 aromatic carbocycles. The third kappa shape index (κ3) is 3.92. The monoisotopic (exact) mass is 505 g/mol. The fourth-order valence-electron chi connectivity index (χ4n) is 5.31. The van der Waals surface area contributed by atoms with Crippen LogP contribution < -0.4 is 0 Å². The number of H-pyrrole nitrogens is 2. The minimum absolute atomic E-state index is 0.186. The van der Waals surface area contributed by atoms with E-state index in [1.165, 1.54) is 0 Å². The Kier molecular flexibility index (Phi) is 5.81. The zero-order valence-corrected chi connectivity index (χ0v) is 21.0. The number of para-hydroxylation sites is 1. The SMILES string of the molecule is CCOC(c1cccc2[nH]c(-c3[nH]nc4ncc(-c5cncc6ccccc56)cc34)nc12)N1CCOCC1. The van der Waals surface area contributed by atoms with E-state index < -0.39 is 0 Å². The highest BCUT2D eigenvalue weighted by Gasteiger charge is 2.26. The fourth-order valence-corrected chi connectivity index (χ4v) is 5.31. The molecule has 1 saturated heterocycles. The summed E-state index contributed by atoms with van der Waals surface area (Å²) in [4.78, 5) is 20.0. The molecule has 0 amide bonds. The van der Waals surface area contributed by atoms with E-state index in [4.69, 9.17) is 14.5 Å². The van der Waals surface area contributed by atoms with Crippen molar-refractivity contribution in [2.45, 2.75) is 13.2 Å². The average Bonchev–Trinajstić information content (AvgIpc) is 3.60. The predicted molar refractivity (Wildman–Crippen MR) is 146 cm³/mol. The van der Waals surface area contributed by atoms with Crippen molar-refractivity contribution >= 4 is 32.8 Å². The maximum Gasteiger partial charge on any atom is 0.181 e. The van der Waals surface area contributed by atoms with Crippen LogP contribution in [0.2, 0.25) is 0 Å². The van der Waals surface area contributed by atoms with E-state index in [9.17, 15) is 0 Å². The van der Waals surface area contributed by atoms with E-state index in [2.05, 4.69) is 54.3 Å². The second-order valence-corrected chi connectivity index (χ2v) is 9.39. The molecule has 0 saturated carbocycles. The standard InChI is InChI=1S/C29H27N7O2/c1-2-38-29(36-10-12-37-13-11-36)21-8-5-9-24-25(21)33-28(32-24)26-22-14-19(16-31-27(22)35-34-26)23-17-30-15-18-6-3-4-7-20(18)23/h3-9,14-17,29H,2,10-13H2,1H3,(H,32,33)(H,31,34,35). The Balaban J connectivity index is 1.33. The number of ether oxygens (including phenoxy) is 2. The Morgan fingerprint density at radius 3 is 2.82 bits per heavy atom. The van der Waals surface area contributed by atoms with Crippen molar-refractivity contribution in [3.63, 3.8) is 0 Å². The van der Waals surface area contributed by atoms with Crippen LogP contribution in [0.3, 0.4) is 0 Å². The zero-order valence-electron chi connectivity index (χ0n) is 21.0. The Morgan fingerprint density at radius 1 is 1.03 bits per heavy atom. The number of hydrogen-bond donors (Lipinski definition) is 2. The topological polar surface area (TPSA) is 105 Å². The number of aromatic amines is 2. The molecule has 1 atom stereocenters. The summed E-state index contributed by atoms with van der Waals surface area (Å²) in [6.45, 7) is 5.68. The molecule has 9 nitrogen and oxygen atoms in total. The van der Waals surface area contributed by atoms with E-state index in [1.54, 1.807) is 0 Å². The Labute approximate surface area is 218 Å². The van der Waals surface area contributed by atoms with Gasteiger partial charge >= 0.3 is 0 Å². The van der Waals surface area contributed by atoms with E-state index in [-0.39, 0.29) is 6.23 Å². The first-order chi connectivity index (χ1) is 18.8. The lowest BCUT2D eigenvalue weighted by molar-refractivity contribution is -0.0951. The first kappa shape index (κ1) is 23.0. The van der Waals surface area contributed by atoms with Crippen LogP contribution in [0.5, 0.6) is 0 Å². The van der Waals surface area contributed by atoms with Gasteiger partial charge in [-0.25, -0.2) is 9.97 Å². The summed E-state index contributed by atoms with van der Waals surface area (Å²) in [7, 11) is 0. The number of imidazole rings is 1. The van der Waals surface area contributed by atoms with E-state index in [0.29, 0.717) is 31.3 Å². The Hall–Kier alpha value is -4.18. The Morgan fingerprint density at radius 2 is 1.92 bits per heavy atom. The van der Waals surface area contributed by atoms with Gasteiger partial charge < -0.3 is 14.5 Å². The van der Waals surface area contributed by atoms with Crippen molar-refractivity contribution in [1.29, 1.82) is 0 Å². The summed E-state index contributed by atoms with van der Waals surface area (Å²) in [5.74, 6) is 0.710. The van der Waals surface area contributed by atoms with Gasteiger partial charge in [-0.15, -0.1) is 0 Å². The second-order valence-electron chi connectivity index (χ2n) is 9.39. The summed E-state index contributed by atoms with van der Waals surface area (Å²) < 4.78 is 11.8. The maximum absolute atomic E-state index is 6.23. The molecule has 5 heterocycles. The van der Waals surface area contributed by atoms with Gasteiger partial charge in [0.05, 0.1) is 29.6 Å². The lowest BCUT2D eigenvalue weighted by atomic mass is 10.0. The number of nitrogens with zero attached hydrogens (tertiary/aromatic N) is 5. The number of nitrogens with one attached hydrogen (secondary N) is 2. The second kappa shape index (κ2) is 9.60. The van der Waals surface area contributed by atoms with Crippen molar-refractivity contribution in [3.8, 4) is 22.6 Å². The molecule has 1 aliphatic heterocycles. The fraction of sp³-hybridized carbons (Fsp3) is 0.241. The highest BCUT2D eigenvalue weighted by atomic mass is 16.5. The van der Waals surface area contributed by atoms with Gasteiger partial charge in [-0.1, -0.05) is 36.4 Å². The molecule has 0 bridgehead atoms. The maximum atomic E-state index is 6.23. The summed E-state index contributed by atoms with van der Waals surface area (Å²) in [6, 6.07) is 16.5. The lowest BCUT2D eigenvalue weighted by Gasteiger charge is -2.34. The van der Waals surface area contributed by atoms with Crippen LogP contribution in [0.1, 0.15) is 18.7 Å². The van der Waals surface area contributed by atoms with Crippen LogP contribution in [0.15, 0.2) is 67.1 Å². The molecule has 7 rings (SSSR count). The van der Waals surface area contributed by atoms with E-state index in [0.717, 1.165) is 62.7 Å². The molecule has 1 fully saturated rings. The van der Waals surface area contributed by atoms with Crippen molar-refractivity contribution in [2.75, 3.05) is 32.9 Å². The molecule has 0 radical (unpaired) electrons. The molecular formula is C29H27N7O2. The number of fused-ring (bicyclic) bond motifs is 3. The van der Waals surface area contributed by atoms with Gasteiger partial charge in [0, 0.05) is 60.4 Å². The van der Waals surface area contributed by atoms with Gasteiger partial charge in [-0.3, -0.25) is 15.0 Å². The molecule has 38 heavy (non-hydrogen) atoms. The number of hydrogen-bond acceptors (Lipinski definition) is 7. The zero-order chi connectivity index (χ0) is 25.5. The number of morpholine rings is 1. The molecule has 1 aliphatic rings. The highest BCUT2D eigenvalue weighted by molar-refractivity contribution is 5.99. The van der Waals surface area contributed by atoms with Gasteiger partial charge in [0.1, 0.15) is 11.9 Å². The number of aromatic nitrogens is 6. The van der Waals surface area contributed by atoms with Crippen molar-refractivity contribution in [1.82, 2.24) is 35.0 Å². The molecule has 190 valence electrons. The summed E-state index contributed by atoms with van der Waals surface area (Å²) in [5.41, 5.74) is 6.31. The van der Waals surface area contributed by atoms with Gasteiger partial charge in [0.15, 0.2) is 11.5 Å². The Bertz CT molecular complexity index is 1750. The predicted octanol–water partition coefficient (Wildman–Crippen LogP) is 5.08. The number of benzene rings is 2. The summed E-state index contributed by atoms with van der Waals surface area (Å²) in [5, 5.41) is 10.7. The molecule has 1 unspecified atom stereocenters. The summed E-state index contributed by atoms with van der Waals surface area (Å²) in [6.07, 6.45) is 5.43. The number of rotatable bonds is 6. The lowest BCUT2D eigenvalue weighted by Crippen LogP contribution is -2.40. The van der Waals surface area contributed by atoms with E-state index in [1.807, 2.05) is 49.8 Å². The molecule has 2 N–H and O–H groups in total. The smallest absolute Gasteiger partial charge is 0.181 e. The van der Waals surface area contributed by atoms with Gasteiger partial charge in [0.2, 0.25) is 0 Å². The van der Waals surface area contributed by atoms with Crippen molar-refractivity contribution < 1.29 is 9.47 Å². The molecule has 0 aliphatic carbocycles. The van der Waals surface area contributed by atoms with Crippen LogP contribution in [-0.4, -0.2) is 67.9 Å². The average molecular weight is 506 g/mol. The molecule has 0 spiro atoms. The van der Waals surface area contributed by atoms with Gasteiger partial charge in [-0.2, -0.15) is 5.10 Å². The van der Waals surface area contributed by atoms with Crippen LogP contribution in [0.4, 0.5) is 0 Å². The van der Waals surface area contributed by atoms with Crippen LogP contribution >= 0.6 is 0 Å². The van der Waals surface area contributed by atoms with Gasteiger partial charge in [0.25, 0.3) is 0 Å². The largest absolute Gasteiger partial charge is 0.379 e. The molecular weight excluding hydrogens is 478 g/mol. The normalized spacial score (nSPS) is 15.5. The van der Waals surface area contributed by atoms with Crippen molar-refractivity contribution in [2.24, 2.45) is 0 Å². The summed E-state index contributed by atoms with van der Waals surface area (Å²) >= 11 is 0. The van der Waals surface area contributed by atoms with Crippen molar-refractivity contribution in [3.05, 3.63) is 72.7 Å². The molecule has 4 aromatic heterocycles.